The highest BCUT2D eigenvalue weighted by atomic mass is 32.1. The molecule has 2 N–H and O–H groups in total. The van der Waals surface area contributed by atoms with Crippen LogP contribution in [0.3, 0.4) is 0 Å². The average Bonchev–Trinajstić information content (AvgIpc) is 3.05. The van der Waals surface area contributed by atoms with E-state index >= 15 is 0 Å². The van der Waals surface area contributed by atoms with Gasteiger partial charge in [0.05, 0.1) is 0 Å². The molecule has 1 aromatic carbocycles. The van der Waals surface area contributed by atoms with Crippen molar-refractivity contribution in [2.75, 3.05) is 6.54 Å². The summed E-state index contributed by atoms with van der Waals surface area (Å²) in [5.41, 5.74) is 5.82. The van der Waals surface area contributed by atoms with Crippen molar-refractivity contribution in [2.24, 2.45) is 0 Å². The molecule has 0 fully saturated rings. The Kier molecular flexibility index (Phi) is 3.04. The van der Waals surface area contributed by atoms with Crippen molar-refractivity contribution in [3.63, 3.8) is 0 Å². The number of H-pyrrole nitrogens is 1. The van der Waals surface area contributed by atoms with E-state index in [0.29, 0.717) is 0 Å². The van der Waals surface area contributed by atoms with Crippen LogP contribution in [0.5, 0.6) is 0 Å². The third-order valence-electron chi connectivity index (χ3n) is 4.42. The van der Waals surface area contributed by atoms with Gasteiger partial charge in [0, 0.05) is 46.2 Å². The summed E-state index contributed by atoms with van der Waals surface area (Å²) in [6.45, 7) is 4.37. The Morgan fingerprint density at radius 3 is 3.10 bits per heavy atom. The fraction of sp³-hybridized carbons (Fsp3) is 0.412. The van der Waals surface area contributed by atoms with Crippen molar-refractivity contribution < 1.29 is 0 Å². The van der Waals surface area contributed by atoms with E-state index in [1.165, 1.54) is 51.5 Å². The van der Waals surface area contributed by atoms with Gasteiger partial charge in [-0.15, -0.1) is 11.3 Å². The molecule has 2 aromatic heterocycles. The lowest BCUT2D eigenvalue weighted by Crippen LogP contribution is -2.22. The fourth-order valence-corrected chi connectivity index (χ4v) is 4.39. The summed E-state index contributed by atoms with van der Waals surface area (Å²) in [4.78, 5) is 3.65. The molecular formula is C17H20N2S. The Morgan fingerprint density at radius 1 is 1.25 bits per heavy atom. The number of hydrogen-bond donors (Lipinski definition) is 2. The molecule has 0 aliphatic carbocycles. The molecule has 0 amide bonds. The number of aryl methyl sites for hydroxylation is 1. The van der Waals surface area contributed by atoms with Gasteiger partial charge in [0.25, 0.3) is 0 Å². The zero-order valence-electron chi connectivity index (χ0n) is 11.9. The van der Waals surface area contributed by atoms with Crippen molar-refractivity contribution in [1.29, 1.82) is 0 Å². The number of rotatable bonds is 3. The lowest BCUT2D eigenvalue weighted by molar-refractivity contribution is 0.641. The van der Waals surface area contributed by atoms with Crippen LogP contribution < -0.4 is 5.32 Å². The standard InChI is InChI=1S/C17H20N2S/c1-2-3-4-11-10-20-15-6-5-14-17(16(11)15)12-9-18-8-7-13(12)19-14/h5-6,10,18-19H,2-4,7-9H2,1H3. The zero-order valence-corrected chi connectivity index (χ0v) is 12.7. The summed E-state index contributed by atoms with van der Waals surface area (Å²) in [5, 5.41) is 8.89. The van der Waals surface area contributed by atoms with Crippen molar-refractivity contribution in [1.82, 2.24) is 10.3 Å². The van der Waals surface area contributed by atoms with Gasteiger partial charge in [-0.2, -0.15) is 0 Å². The van der Waals surface area contributed by atoms with E-state index in [-0.39, 0.29) is 0 Å². The van der Waals surface area contributed by atoms with Gasteiger partial charge < -0.3 is 10.3 Å². The molecule has 1 aliphatic rings. The Balaban J connectivity index is 2.00. The van der Waals surface area contributed by atoms with E-state index in [1.54, 1.807) is 5.56 Å². The molecule has 20 heavy (non-hydrogen) atoms. The number of hydrogen-bond acceptors (Lipinski definition) is 2. The molecule has 4 rings (SSSR count). The largest absolute Gasteiger partial charge is 0.358 e. The Hall–Kier alpha value is -1.32. The highest BCUT2D eigenvalue weighted by Gasteiger charge is 2.18. The summed E-state index contributed by atoms with van der Waals surface area (Å²) < 4.78 is 1.44. The summed E-state index contributed by atoms with van der Waals surface area (Å²) in [5.74, 6) is 0. The Labute approximate surface area is 123 Å². The molecule has 0 spiro atoms. The van der Waals surface area contributed by atoms with Crippen LogP contribution in [0, 0.1) is 0 Å². The van der Waals surface area contributed by atoms with E-state index in [2.05, 4.69) is 34.7 Å². The van der Waals surface area contributed by atoms with Crippen LogP contribution in [0.4, 0.5) is 0 Å². The van der Waals surface area contributed by atoms with Crippen molar-refractivity contribution in [3.8, 4) is 0 Å². The molecule has 3 aromatic rings. The van der Waals surface area contributed by atoms with Gasteiger partial charge in [-0.1, -0.05) is 13.3 Å². The normalized spacial score (nSPS) is 15.1. The number of aromatic nitrogens is 1. The molecule has 3 heterocycles. The van der Waals surface area contributed by atoms with Gasteiger partial charge in [0.1, 0.15) is 0 Å². The van der Waals surface area contributed by atoms with E-state index < -0.39 is 0 Å². The van der Waals surface area contributed by atoms with Crippen LogP contribution in [0.15, 0.2) is 17.5 Å². The van der Waals surface area contributed by atoms with Gasteiger partial charge in [-0.25, -0.2) is 0 Å². The first kappa shape index (κ1) is 12.4. The molecule has 3 heteroatoms. The molecule has 2 nitrogen and oxygen atoms in total. The van der Waals surface area contributed by atoms with Crippen LogP contribution in [-0.2, 0) is 19.4 Å². The number of aromatic amines is 1. The van der Waals surface area contributed by atoms with Crippen molar-refractivity contribution >= 4 is 32.3 Å². The number of thiophene rings is 1. The van der Waals surface area contributed by atoms with E-state index in [1.807, 2.05) is 11.3 Å². The lowest BCUT2D eigenvalue weighted by Gasteiger charge is -2.13. The Morgan fingerprint density at radius 2 is 2.20 bits per heavy atom. The third-order valence-corrected chi connectivity index (χ3v) is 5.42. The number of unbranched alkanes of at least 4 members (excludes halogenated alkanes) is 1. The van der Waals surface area contributed by atoms with E-state index in [0.717, 1.165) is 19.5 Å². The van der Waals surface area contributed by atoms with Crippen LogP contribution in [-0.4, -0.2) is 11.5 Å². The predicted molar refractivity (Wildman–Crippen MR) is 87.7 cm³/mol. The number of nitrogens with one attached hydrogen (secondary N) is 2. The van der Waals surface area contributed by atoms with Crippen LogP contribution in [0.25, 0.3) is 21.0 Å². The molecule has 0 atom stereocenters. The number of benzene rings is 1. The maximum absolute atomic E-state index is 3.65. The van der Waals surface area contributed by atoms with Crippen LogP contribution in [0.2, 0.25) is 0 Å². The Bertz CT molecular complexity index is 766. The minimum atomic E-state index is 1.01. The molecule has 1 aliphatic heterocycles. The van der Waals surface area contributed by atoms with Crippen LogP contribution in [0.1, 0.15) is 36.6 Å². The second-order valence-corrected chi connectivity index (χ2v) is 6.65. The quantitative estimate of drug-likeness (QED) is 0.734. The summed E-state index contributed by atoms with van der Waals surface area (Å²) in [6, 6.07) is 4.54. The van der Waals surface area contributed by atoms with Crippen molar-refractivity contribution in [3.05, 3.63) is 34.3 Å². The summed E-state index contributed by atoms with van der Waals surface area (Å²) in [6.07, 6.45) is 4.89. The van der Waals surface area contributed by atoms with Gasteiger partial charge in [0.2, 0.25) is 0 Å². The molecule has 0 bridgehead atoms. The topological polar surface area (TPSA) is 27.8 Å². The highest BCUT2D eigenvalue weighted by Crippen LogP contribution is 2.37. The van der Waals surface area contributed by atoms with Gasteiger partial charge >= 0.3 is 0 Å². The second-order valence-electron chi connectivity index (χ2n) is 5.73. The highest BCUT2D eigenvalue weighted by molar-refractivity contribution is 7.17. The number of fused-ring (bicyclic) bond motifs is 5. The van der Waals surface area contributed by atoms with Gasteiger partial charge in [0.15, 0.2) is 0 Å². The SMILES string of the molecule is CCCCc1csc2ccc3[nH]c4c(c3c12)CNCC4. The molecule has 0 radical (unpaired) electrons. The molecule has 0 unspecified atom stereocenters. The van der Waals surface area contributed by atoms with Gasteiger partial charge in [-0.3, -0.25) is 0 Å². The first-order chi connectivity index (χ1) is 9.88. The lowest BCUT2D eigenvalue weighted by atomic mass is 9.99. The molecule has 0 saturated carbocycles. The second kappa shape index (κ2) is 4.90. The third kappa shape index (κ3) is 1.80. The van der Waals surface area contributed by atoms with Crippen molar-refractivity contribution in [2.45, 2.75) is 39.2 Å². The summed E-state index contributed by atoms with van der Waals surface area (Å²) in [7, 11) is 0. The first-order valence-corrected chi connectivity index (χ1v) is 8.49. The maximum atomic E-state index is 3.65. The zero-order chi connectivity index (χ0) is 13.5. The minimum Gasteiger partial charge on any atom is -0.358 e. The van der Waals surface area contributed by atoms with E-state index in [4.69, 9.17) is 0 Å². The first-order valence-electron chi connectivity index (χ1n) is 7.61. The molecule has 0 saturated heterocycles. The summed E-state index contributed by atoms with van der Waals surface area (Å²) >= 11 is 1.90. The average molecular weight is 284 g/mol. The monoisotopic (exact) mass is 284 g/mol. The molecule has 104 valence electrons. The van der Waals surface area contributed by atoms with Gasteiger partial charge in [-0.05, 0) is 41.5 Å². The maximum Gasteiger partial charge on any atom is 0.0466 e. The van der Waals surface area contributed by atoms with E-state index in [9.17, 15) is 0 Å². The molecular weight excluding hydrogens is 264 g/mol. The fourth-order valence-electron chi connectivity index (χ4n) is 3.39. The van der Waals surface area contributed by atoms with Crippen LogP contribution >= 0.6 is 11.3 Å². The smallest absolute Gasteiger partial charge is 0.0466 e. The predicted octanol–water partition coefficient (Wildman–Crippen LogP) is 4.37. The minimum absolute atomic E-state index is 1.01.